The molecule has 0 aliphatic carbocycles. The molecule has 1 heterocycles. The molecular formula is C13H13N3O2. The fourth-order valence-corrected chi connectivity index (χ4v) is 1.49. The molecule has 0 saturated heterocycles. The number of nitrogens with one attached hydrogen (secondary N) is 2. The van der Waals surface area contributed by atoms with Gasteiger partial charge in [0, 0.05) is 12.0 Å². The van der Waals surface area contributed by atoms with Crippen LogP contribution in [0.1, 0.15) is 13.3 Å². The van der Waals surface area contributed by atoms with E-state index in [1.807, 2.05) is 30.3 Å². The zero-order valence-corrected chi connectivity index (χ0v) is 9.93. The summed E-state index contributed by atoms with van der Waals surface area (Å²) in [5, 5.41) is 8.88. The molecule has 0 saturated carbocycles. The first-order chi connectivity index (χ1) is 8.70. The molecule has 5 nitrogen and oxygen atoms in total. The van der Waals surface area contributed by atoms with Gasteiger partial charge in [0.25, 0.3) is 5.56 Å². The van der Waals surface area contributed by atoms with Gasteiger partial charge in [-0.25, -0.2) is 5.10 Å². The van der Waals surface area contributed by atoms with Crippen molar-refractivity contribution in [2.24, 2.45) is 0 Å². The molecule has 0 unspecified atom stereocenters. The highest BCUT2D eigenvalue weighted by atomic mass is 16.2. The molecule has 5 heteroatoms. The normalized spacial score (nSPS) is 10.1. The molecule has 2 rings (SSSR count). The van der Waals surface area contributed by atoms with Crippen molar-refractivity contribution < 1.29 is 4.79 Å². The van der Waals surface area contributed by atoms with Crippen LogP contribution in [0.25, 0.3) is 11.3 Å². The topological polar surface area (TPSA) is 74.8 Å². The van der Waals surface area contributed by atoms with E-state index in [0.29, 0.717) is 12.1 Å². The predicted molar refractivity (Wildman–Crippen MR) is 69.2 cm³/mol. The van der Waals surface area contributed by atoms with E-state index in [1.165, 1.54) is 0 Å². The van der Waals surface area contributed by atoms with E-state index in [9.17, 15) is 9.59 Å². The molecule has 0 fully saturated rings. The number of H-pyrrole nitrogens is 1. The lowest BCUT2D eigenvalue weighted by Crippen LogP contribution is -2.19. The minimum atomic E-state index is -0.406. The molecule has 18 heavy (non-hydrogen) atoms. The van der Waals surface area contributed by atoms with Crippen LogP contribution in [0.2, 0.25) is 0 Å². The minimum absolute atomic E-state index is 0.203. The Morgan fingerprint density at radius 3 is 2.72 bits per heavy atom. The molecule has 1 aromatic carbocycles. The lowest BCUT2D eigenvalue weighted by Gasteiger charge is -2.04. The Hall–Kier alpha value is -2.43. The fraction of sp³-hybridized carbons (Fsp3) is 0.154. The molecule has 0 aliphatic heterocycles. The Morgan fingerprint density at radius 1 is 1.33 bits per heavy atom. The Morgan fingerprint density at radius 2 is 2.06 bits per heavy atom. The first-order valence-electron chi connectivity index (χ1n) is 5.65. The minimum Gasteiger partial charge on any atom is -0.321 e. The number of carbonyl (C=O) groups excluding carboxylic acids is 1. The lowest BCUT2D eigenvalue weighted by atomic mass is 10.1. The monoisotopic (exact) mass is 243 g/mol. The van der Waals surface area contributed by atoms with Crippen LogP contribution in [0.15, 0.2) is 41.2 Å². The SMILES string of the molecule is CCC(=O)Nc1cc(-c2ccccc2)n[nH]c1=O. The number of aromatic nitrogens is 2. The van der Waals surface area contributed by atoms with E-state index in [2.05, 4.69) is 15.5 Å². The average Bonchev–Trinajstić information content (AvgIpc) is 2.42. The van der Waals surface area contributed by atoms with Crippen molar-refractivity contribution in [1.29, 1.82) is 0 Å². The van der Waals surface area contributed by atoms with Crippen molar-refractivity contribution in [3.8, 4) is 11.3 Å². The van der Waals surface area contributed by atoms with E-state index >= 15 is 0 Å². The van der Waals surface area contributed by atoms with Crippen molar-refractivity contribution in [3.05, 3.63) is 46.8 Å². The maximum Gasteiger partial charge on any atom is 0.287 e. The summed E-state index contributed by atoms with van der Waals surface area (Å²) in [6.07, 6.45) is 0.322. The third-order valence-electron chi connectivity index (χ3n) is 2.47. The van der Waals surface area contributed by atoms with Gasteiger partial charge in [-0.15, -0.1) is 0 Å². The quantitative estimate of drug-likeness (QED) is 0.862. The molecule has 0 radical (unpaired) electrons. The summed E-state index contributed by atoms with van der Waals surface area (Å²) in [5.41, 5.74) is 1.30. The van der Waals surface area contributed by atoms with Crippen LogP contribution in [0, 0.1) is 0 Å². The molecular weight excluding hydrogens is 230 g/mol. The first-order valence-corrected chi connectivity index (χ1v) is 5.65. The summed E-state index contributed by atoms with van der Waals surface area (Å²) >= 11 is 0. The number of aromatic amines is 1. The van der Waals surface area contributed by atoms with Crippen molar-refractivity contribution >= 4 is 11.6 Å². The number of hydrogen-bond acceptors (Lipinski definition) is 3. The van der Waals surface area contributed by atoms with Gasteiger partial charge >= 0.3 is 0 Å². The molecule has 92 valence electrons. The highest BCUT2D eigenvalue weighted by Crippen LogP contribution is 2.16. The van der Waals surface area contributed by atoms with Gasteiger partial charge in [0.1, 0.15) is 5.69 Å². The second-order valence-electron chi connectivity index (χ2n) is 3.76. The Balaban J connectivity index is 2.38. The van der Waals surface area contributed by atoms with Crippen molar-refractivity contribution in [2.45, 2.75) is 13.3 Å². The third kappa shape index (κ3) is 2.63. The predicted octanol–water partition coefficient (Wildman–Crippen LogP) is 1.79. The standard InChI is InChI=1S/C13H13N3O2/c1-2-12(17)14-11-8-10(15-16-13(11)18)9-6-4-3-5-7-9/h3-8H,2H2,1H3,(H,16,18)(H,14,15,17). The molecule has 1 aromatic heterocycles. The number of nitrogens with zero attached hydrogens (tertiary/aromatic N) is 1. The number of amides is 1. The van der Waals surface area contributed by atoms with Gasteiger partial charge in [-0.2, -0.15) is 5.10 Å². The Bertz CT molecular complexity index is 605. The molecule has 1 amide bonds. The van der Waals surface area contributed by atoms with Crippen LogP contribution < -0.4 is 10.9 Å². The van der Waals surface area contributed by atoms with Crippen molar-refractivity contribution in [3.63, 3.8) is 0 Å². The van der Waals surface area contributed by atoms with Crippen LogP contribution in [0.3, 0.4) is 0 Å². The zero-order valence-electron chi connectivity index (χ0n) is 9.93. The molecule has 2 N–H and O–H groups in total. The van der Waals surface area contributed by atoms with E-state index in [4.69, 9.17) is 0 Å². The summed E-state index contributed by atoms with van der Waals surface area (Å²) in [6.45, 7) is 1.73. The van der Waals surface area contributed by atoms with Crippen LogP contribution in [-0.4, -0.2) is 16.1 Å². The molecule has 0 bridgehead atoms. The van der Waals surface area contributed by atoms with Gasteiger partial charge in [0.2, 0.25) is 5.91 Å². The smallest absolute Gasteiger partial charge is 0.287 e. The van der Waals surface area contributed by atoms with Crippen LogP contribution >= 0.6 is 0 Å². The molecule has 0 aliphatic rings. The zero-order chi connectivity index (χ0) is 13.0. The second kappa shape index (κ2) is 5.27. The third-order valence-corrected chi connectivity index (χ3v) is 2.47. The van der Waals surface area contributed by atoms with Gasteiger partial charge in [-0.3, -0.25) is 9.59 Å². The molecule has 2 aromatic rings. The molecule has 0 spiro atoms. The maximum atomic E-state index is 11.5. The number of benzene rings is 1. The summed E-state index contributed by atoms with van der Waals surface area (Å²) in [7, 11) is 0. The first kappa shape index (κ1) is 12.0. The number of carbonyl (C=O) groups is 1. The van der Waals surface area contributed by atoms with E-state index in [1.54, 1.807) is 13.0 Å². The Labute approximate surface area is 104 Å². The number of hydrogen-bond donors (Lipinski definition) is 2. The maximum absolute atomic E-state index is 11.5. The van der Waals surface area contributed by atoms with Crippen LogP contribution in [0.5, 0.6) is 0 Å². The number of rotatable bonds is 3. The van der Waals surface area contributed by atoms with E-state index < -0.39 is 5.56 Å². The van der Waals surface area contributed by atoms with Crippen LogP contribution in [0.4, 0.5) is 5.69 Å². The fourth-order valence-electron chi connectivity index (χ4n) is 1.49. The van der Waals surface area contributed by atoms with Gasteiger partial charge in [0.15, 0.2) is 0 Å². The average molecular weight is 243 g/mol. The summed E-state index contributed by atoms with van der Waals surface area (Å²) in [4.78, 5) is 22.8. The number of anilines is 1. The van der Waals surface area contributed by atoms with E-state index in [0.717, 1.165) is 5.56 Å². The summed E-state index contributed by atoms with van der Waals surface area (Å²) in [6, 6.07) is 11.0. The van der Waals surface area contributed by atoms with Crippen molar-refractivity contribution in [1.82, 2.24) is 10.2 Å². The van der Waals surface area contributed by atoms with Crippen molar-refractivity contribution in [2.75, 3.05) is 5.32 Å². The second-order valence-corrected chi connectivity index (χ2v) is 3.76. The summed E-state index contributed by atoms with van der Waals surface area (Å²) in [5.74, 6) is -0.203. The largest absolute Gasteiger partial charge is 0.321 e. The van der Waals surface area contributed by atoms with Gasteiger partial charge in [0.05, 0.1) is 5.69 Å². The van der Waals surface area contributed by atoms with Gasteiger partial charge in [-0.05, 0) is 6.07 Å². The highest BCUT2D eigenvalue weighted by Gasteiger charge is 2.07. The lowest BCUT2D eigenvalue weighted by molar-refractivity contribution is -0.115. The van der Waals surface area contributed by atoms with Crippen LogP contribution in [-0.2, 0) is 4.79 Å². The Kier molecular flexibility index (Phi) is 3.52. The molecule has 0 atom stereocenters. The van der Waals surface area contributed by atoms with E-state index in [-0.39, 0.29) is 11.6 Å². The summed E-state index contributed by atoms with van der Waals surface area (Å²) < 4.78 is 0. The van der Waals surface area contributed by atoms with Gasteiger partial charge in [-0.1, -0.05) is 37.3 Å². The van der Waals surface area contributed by atoms with Gasteiger partial charge < -0.3 is 5.32 Å². The highest BCUT2D eigenvalue weighted by molar-refractivity contribution is 5.90.